The van der Waals surface area contributed by atoms with Crippen LogP contribution in [0.5, 0.6) is 0 Å². The van der Waals surface area contributed by atoms with Crippen molar-refractivity contribution in [3.05, 3.63) is 0 Å². The van der Waals surface area contributed by atoms with Crippen LogP contribution in [0, 0.1) is 11.3 Å². The van der Waals surface area contributed by atoms with Gasteiger partial charge in [-0.1, -0.05) is 20.3 Å². The van der Waals surface area contributed by atoms with Gasteiger partial charge in [-0.25, -0.2) is 0 Å². The van der Waals surface area contributed by atoms with Crippen molar-refractivity contribution in [2.45, 2.75) is 70.6 Å². The summed E-state index contributed by atoms with van der Waals surface area (Å²) in [6.07, 6.45) is 6.89. The number of piperidine rings is 1. The topological polar surface area (TPSA) is 38.5 Å². The number of likely N-dealkylation sites (tertiary alicyclic amines) is 1. The molecule has 0 bridgehead atoms. The van der Waals surface area contributed by atoms with Gasteiger partial charge >= 0.3 is 0 Å². The van der Waals surface area contributed by atoms with Gasteiger partial charge < -0.3 is 10.5 Å². The van der Waals surface area contributed by atoms with Gasteiger partial charge in [-0.2, -0.15) is 0 Å². The third-order valence-corrected chi connectivity index (χ3v) is 6.30. The summed E-state index contributed by atoms with van der Waals surface area (Å²) < 4.78 is 6.01. The number of nitrogens with two attached hydrogens (primary N) is 1. The molecule has 1 aliphatic carbocycles. The summed E-state index contributed by atoms with van der Waals surface area (Å²) in [6.45, 7) is 10.2. The summed E-state index contributed by atoms with van der Waals surface area (Å²) >= 11 is 0. The maximum absolute atomic E-state index is 6.91. The van der Waals surface area contributed by atoms with Crippen LogP contribution >= 0.6 is 0 Å². The van der Waals surface area contributed by atoms with E-state index in [0.29, 0.717) is 18.1 Å². The summed E-state index contributed by atoms with van der Waals surface area (Å²) in [5.74, 6) is 0.574. The Morgan fingerprint density at radius 1 is 1.21 bits per heavy atom. The highest BCUT2D eigenvalue weighted by Crippen LogP contribution is 2.57. The molecule has 2 aliphatic heterocycles. The zero-order valence-electron chi connectivity index (χ0n) is 12.8. The van der Waals surface area contributed by atoms with Crippen molar-refractivity contribution in [2.24, 2.45) is 17.1 Å². The lowest BCUT2D eigenvalue weighted by atomic mass is 9.46. The zero-order valence-corrected chi connectivity index (χ0v) is 12.8. The summed E-state index contributed by atoms with van der Waals surface area (Å²) in [7, 11) is 0. The normalized spacial score (nSPS) is 46.4. The van der Waals surface area contributed by atoms with Crippen molar-refractivity contribution in [3.8, 4) is 0 Å². The van der Waals surface area contributed by atoms with E-state index >= 15 is 0 Å². The number of hydrogen-bond donors (Lipinski definition) is 1. The molecule has 19 heavy (non-hydrogen) atoms. The molecule has 4 atom stereocenters. The van der Waals surface area contributed by atoms with E-state index in [2.05, 4.69) is 25.7 Å². The van der Waals surface area contributed by atoms with Gasteiger partial charge in [0.2, 0.25) is 0 Å². The van der Waals surface area contributed by atoms with E-state index in [0.717, 1.165) is 13.2 Å². The zero-order chi connectivity index (χ0) is 13.7. The number of rotatable bonds is 2. The standard InChI is InChI=1S/C16H30N2O/c1-12-7-4-5-9-18(12)11-16(17)13-8-6-10-19-14(13)15(16,2)3/h12-14H,4-11,17H2,1-3H3. The number of fused-ring (bicyclic) bond motifs is 1. The Kier molecular flexibility index (Phi) is 3.43. The summed E-state index contributed by atoms with van der Waals surface area (Å²) in [5.41, 5.74) is 6.98. The van der Waals surface area contributed by atoms with Gasteiger partial charge in [0.1, 0.15) is 0 Å². The predicted molar refractivity (Wildman–Crippen MR) is 78.0 cm³/mol. The van der Waals surface area contributed by atoms with E-state index < -0.39 is 0 Å². The van der Waals surface area contributed by atoms with Crippen molar-refractivity contribution in [1.82, 2.24) is 4.90 Å². The average Bonchev–Trinajstić information content (AvgIpc) is 2.41. The van der Waals surface area contributed by atoms with Crippen molar-refractivity contribution in [2.75, 3.05) is 19.7 Å². The Labute approximate surface area is 117 Å². The monoisotopic (exact) mass is 266 g/mol. The molecule has 0 radical (unpaired) electrons. The Bertz CT molecular complexity index is 344. The smallest absolute Gasteiger partial charge is 0.0690 e. The highest BCUT2D eigenvalue weighted by atomic mass is 16.5. The fourth-order valence-corrected chi connectivity index (χ4v) is 4.72. The van der Waals surface area contributed by atoms with Crippen LogP contribution in [-0.4, -0.2) is 42.3 Å². The van der Waals surface area contributed by atoms with Gasteiger partial charge in [-0.05, 0) is 39.2 Å². The van der Waals surface area contributed by atoms with E-state index in [1.807, 2.05) is 0 Å². The first kappa shape index (κ1) is 13.8. The molecule has 4 unspecified atom stereocenters. The molecule has 110 valence electrons. The quantitative estimate of drug-likeness (QED) is 0.834. The maximum Gasteiger partial charge on any atom is 0.0690 e. The van der Waals surface area contributed by atoms with Gasteiger partial charge in [0, 0.05) is 36.1 Å². The van der Waals surface area contributed by atoms with Crippen LogP contribution in [0.25, 0.3) is 0 Å². The Balaban J connectivity index is 1.74. The lowest BCUT2D eigenvalue weighted by molar-refractivity contribution is -0.233. The molecule has 0 aromatic heterocycles. The highest BCUT2D eigenvalue weighted by Gasteiger charge is 2.66. The maximum atomic E-state index is 6.91. The molecular weight excluding hydrogens is 236 g/mol. The van der Waals surface area contributed by atoms with Crippen LogP contribution in [0.2, 0.25) is 0 Å². The van der Waals surface area contributed by atoms with E-state index in [1.54, 1.807) is 0 Å². The fraction of sp³-hybridized carbons (Fsp3) is 1.00. The van der Waals surface area contributed by atoms with E-state index in [-0.39, 0.29) is 11.0 Å². The molecule has 3 aliphatic rings. The first-order valence-corrected chi connectivity index (χ1v) is 8.11. The highest BCUT2D eigenvalue weighted by molar-refractivity contribution is 5.21. The van der Waals surface area contributed by atoms with Crippen LogP contribution in [0.3, 0.4) is 0 Å². The molecule has 3 nitrogen and oxygen atoms in total. The number of ether oxygens (including phenoxy) is 1. The van der Waals surface area contributed by atoms with Gasteiger partial charge in [0.15, 0.2) is 0 Å². The number of nitrogens with zero attached hydrogens (tertiary/aromatic N) is 1. The predicted octanol–water partition coefficient (Wildman–Crippen LogP) is 2.39. The molecule has 0 aromatic carbocycles. The lowest BCUT2D eigenvalue weighted by Gasteiger charge is -2.67. The van der Waals surface area contributed by atoms with Gasteiger partial charge in [-0.15, -0.1) is 0 Å². The number of hydrogen-bond acceptors (Lipinski definition) is 3. The van der Waals surface area contributed by atoms with Gasteiger partial charge in [-0.3, -0.25) is 4.90 Å². The second-order valence-electron chi connectivity index (χ2n) is 7.62. The largest absolute Gasteiger partial charge is 0.377 e. The van der Waals surface area contributed by atoms with Crippen LogP contribution in [0.1, 0.15) is 52.9 Å². The van der Waals surface area contributed by atoms with Gasteiger partial charge in [0.25, 0.3) is 0 Å². The third-order valence-electron chi connectivity index (χ3n) is 6.30. The summed E-state index contributed by atoms with van der Waals surface area (Å²) in [4.78, 5) is 2.63. The van der Waals surface area contributed by atoms with Crippen molar-refractivity contribution in [1.29, 1.82) is 0 Å². The Morgan fingerprint density at radius 2 is 2.00 bits per heavy atom. The minimum Gasteiger partial charge on any atom is -0.377 e. The van der Waals surface area contributed by atoms with Crippen molar-refractivity contribution >= 4 is 0 Å². The van der Waals surface area contributed by atoms with E-state index in [4.69, 9.17) is 10.5 Å². The summed E-state index contributed by atoms with van der Waals surface area (Å²) in [6, 6.07) is 0.702. The molecule has 1 saturated carbocycles. The second-order valence-corrected chi connectivity index (χ2v) is 7.62. The molecule has 3 fully saturated rings. The SMILES string of the molecule is CC1CCCCN1CC1(N)C2CCCOC2C1(C)C. The van der Waals surface area contributed by atoms with E-state index in [9.17, 15) is 0 Å². The molecule has 3 heteroatoms. The molecule has 2 N–H and O–H groups in total. The molecule has 3 rings (SSSR count). The van der Waals surface area contributed by atoms with Gasteiger partial charge in [0.05, 0.1) is 6.10 Å². The Hall–Kier alpha value is -0.120. The molecule has 0 spiro atoms. The summed E-state index contributed by atoms with van der Waals surface area (Å²) in [5, 5.41) is 0. The minimum absolute atomic E-state index is 0.0519. The molecule has 0 aromatic rings. The first-order chi connectivity index (χ1) is 8.97. The minimum atomic E-state index is -0.0519. The van der Waals surface area contributed by atoms with Crippen LogP contribution in [-0.2, 0) is 4.74 Å². The molecule has 2 saturated heterocycles. The molecular formula is C16H30N2O. The lowest BCUT2D eigenvalue weighted by Crippen LogP contribution is -2.80. The fourth-order valence-electron chi connectivity index (χ4n) is 4.72. The first-order valence-electron chi connectivity index (χ1n) is 8.11. The van der Waals surface area contributed by atoms with Crippen molar-refractivity contribution < 1.29 is 4.74 Å². The van der Waals surface area contributed by atoms with Crippen LogP contribution < -0.4 is 5.73 Å². The van der Waals surface area contributed by atoms with Crippen LogP contribution in [0.4, 0.5) is 0 Å². The van der Waals surface area contributed by atoms with Crippen LogP contribution in [0.15, 0.2) is 0 Å². The average molecular weight is 266 g/mol. The van der Waals surface area contributed by atoms with E-state index in [1.165, 1.54) is 38.6 Å². The Morgan fingerprint density at radius 3 is 2.74 bits per heavy atom. The third kappa shape index (κ3) is 1.97. The molecule has 2 heterocycles. The van der Waals surface area contributed by atoms with Crippen molar-refractivity contribution in [3.63, 3.8) is 0 Å². The molecule has 0 amide bonds. The second kappa shape index (κ2) is 4.71.